The zero-order chi connectivity index (χ0) is 8.10. The van der Waals surface area contributed by atoms with Crippen molar-refractivity contribution in [2.45, 2.75) is 12.1 Å². The summed E-state index contributed by atoms with van der Waals surface area (Å²) in [6.07, 6.45) is 0. The minimum absolute atomic E-state index is 0.753. The van der Waals surface area contributed by atoms with Crippen molar-refractivity contribution in [3.63, 3.8) is 0 Å². The molecule has 1 aromatic heterocycles. The van der Waals surface area contributed by atoms with E-state index >= 15 is 0 Å². The molecule has 0 aromatic carbocycles. The molecule has 11 heavy (non-hydrogen) atoms. The third-order valence-corrected chi connectivity index (χ3v) is 2.57. The van der Waals surface area contributed by atoms with Crippen LogP contribution >= 0.6 is 23.3 Å². The first-order chi connectivity index (χ1) is 5.33. The standard InChI is InChI=1S/C6H10N2OS2/c1-5-7-6(8-11-5)10-4-3-9-2/h3-4H2,1-2H3. The van der Waals surface area contributed by atoms with Crippen LogP contribution in [0.3, 0.4) is 0 Å². The fourth-order valence-electron chi connectivity index (χ4n) is 0.556. The average Bonchev–Trinajstić information content (AvgIpc) is 2.37. The summed E-state index contributed by atoms with van der Waals surface area (Å²) >= 11 is 3.07. The van der Waals surface area contributed by atoms with E-state index in [1.54, 1.807) is 18.9 Å². The van der Waals surface area contributed by atoms with Gasteiger partial charge in [0.15, 0.2) is 5.16 Å². The van der Waals surface area contributed by atoms with Crippen molar-refractivity contribution < 1.29 is 4.74 Å². The summed E-state index contributed by atoms with van der Waals surface area (Å²) in [5, 5.41) is 1.88. The molecule has 5 heteroatoms. The average molecular weight is 190 g/mol. The zero-order valence-electron chi connectivity index (χ0n) is 6.53. The predicted molar refractivity (Wildman–Crippen MR) is 47.2 cm³/mol. The van der Waals surface area contributed by atoms with Crippen molar-refractivity contribution in [1.82, 2.24) is 9.36 Å². The Labute approximate surface area is 74.3 Å². The molecule has 0 N–H and O–H groups in total. The van der Waals surface area contributed by atoms with Crippen LogP contribution in [0.4, 0.5) is 0 Å². The molecule has 1 heterocycles. The number of ether oxygens (including phenoxy) is 1. The number of hydrogen-bond acceptors (Lipinski definition) is 5. The van der Waals surface area contributed by atoms with Gasteiger partial charge in [0.2, 0.25) is 0 Å². The van der Waals surface area contributed by atoms with Crippen molar-refractivity contribution in [1.29, 1.82) is 0 Å². The summed E-state index contributed by atoms with van der Waals surface area (Å²) < 4.78 is 9.02. The smallest absolute Gasteiger partial charge is 0.200 e. The Bertz CT molecular complexity index is 214. The third kappa shape index (κ3) is 3.18. The molecule has 0 aliphatic heterocycles. The Balaban J connectivity index is 2.27. The lowest BCUT2D eigenvalue weighted by Gasteiger charge is -1.93. The number of hydrogen-bond donors (Lipinski definition) is 0. The van der Waals surface area contributed by atoms with E-state index in [0.717, 1.165) is 22.5 Å². The minimum Gasteiger partial charge on any atom is -0.384 e. The number of thioether (sulfide) groups is 1. The van der Waals surface area contributed by atoms with Crippen LogP contribution in [0.25, 0.3) is 0 Å². The van der Waals surface area contributed by atoms with Gasteiger partial charge < -0.3 is 4.74 Å². The molecule has 0 amide bonds. The fourth-order valence-corrected chi connectivity index (χ4v) is 1.95. The summed E-state index contributed by atoms with van der Waals surface area (Å²) in [5.74, 6) is 0.923. The topological polar surface area (TPSA) is 35.0 Å². The van der Waals surface area contributed by atoms with E-state index in [0.29, 0.717) is 0 Å². The van der Waals surface area contributed by atoms with Crippen LogP contribution in [0, 0.1) is 6.92 Å². The van der Waals surface area contributed by atoms with Gasteiger partial charge in [0, 0.05) is 12.9 Å². The van der Waals surface area contributed by atoms with Crippen LogP contribution in [0.5, 0.6) is 0 Å². The largest absolute Gasteiger partial charge is 0.384 e. The van der Waals surface area contributed by atoms with Gasteiger partial charge in [0.25, 0.3) is 0 Å². The maximum absolute atomic E-state index is 4.90. The van der Waals surface area contributed by atoms with E-state index in [-0.39, 0.29) is 0 Å². The van der Waals surface area contributed by atoms with Gasteiger partial charge in [-0.25, -0.2) is 4.98 Å². The number of aryl methyl sites for hydroxylation is 1. The Morgan fingerprint density at radius 3 is 3.00 bits per heavy atom. The highest BCUT2D eigenvalue weighted by Gasteiger charge is 1.99. The van der Waals surface area contributed by atoms with E-state index in [1.807, 2.05) is 6.92 Å². The van der Waals surface area contributed by atoms with Gasteiger partial charge >= 0.3 is 0 Å². The Hall–Kier alpha value is -0.130. The number of aromatic nitrogens is 2. The summed E-state index contributed by atoms with van der Waals surface area (Å²) in [7, 11) is 1.69. The number of methoxy groups -OCH3 is 1. The quantitative estimate of drug-likeness (QED) is 0.533. The lowest BCUT2D eigenvalue weighted by atomic mass is 10.8. The van der Waals surface area contributed by atoms with E-state index < -0.39 is 0 Å². The number of nitrogens with zero attached hydrogens (tertiary/aromatic N) is 2. The summed E-state index contributed by atoms with van der Waals surface area (Å²) in [6.45, 7) is 2.71. The van der Waals surface area contributed by atoms with Gasteiger partial charge in [-0.15, -0.1) is 0 Å². The second-order valence-electron chi connectivity index (χ2n) is 1.94. The first-order valence-electron chi connectivity index (χ1n) is 3.25. The van der Waals surface area contributed by atoms with Gasteiger partial charge in [-0.1, -0.05) is 11.8 Å². The van der Waals surface area contributed by atoms with Gasteiger partial charge in [-0.3, -0.25) is 0 Å². The van der Waals surface area contributed by atoms with Crippen molar-refractivity contribution in [2.24, 2.45) is 0 Å². The van der Waals surface area contributed by atoms with Crippen LogP contribution < -0.4 is 0 Å². The van der Waals surface area contributed by atoms with Gasteiger partial charge in [0.05, 0.1) is 6.61 Å². The Kier molecular flexibility index (Phi) is 3.82. The van der Waals surface area contributed by atoms with Crippen LogP contribution in [-0.4, -0.2) is 28.8 Å². The lowest BCUT2D eigenvalue weighted by molar-refractivity contribution is 0.218. The van der Waals surface area contributed by atoms with Crippen molar-refractivity contribution >= 4 is 23.3 Å². The highest BCUT2D eigenvalue weighted by Crippen LogP contribution is 2.15. The summed E-state index contributed by atoms with van der Waals surface area (Å²) in [5.41, 5.74) is 0. The molecular weight excluding hydrogens is 180 g/mol. The predicted octanol–water partition coefficient (Wildman–Crippen LogP) is 1.59. The first kappa shape index (κ1) is 8.96. The molecule has 0 aliphatic carbocycles. The van der Waals surface area contributed by atoms with Gasteiger partial charge in [0.1, 0.15) is 5.01 Å². The summed E-state index contributed by atoms with van der Waals surface area (Å²) in [4.78, 5) is 4.20. The van der Waals surface area contributed by atoms with Gasteiger partial charge in [-0.05, 0) is 18.5 Å². The molecule has 0 bridgehead atoms. The zero-order valence-corrected chi connectivity index (χ0v) is 8.17. The second-order valence-corrected chi connectivity index (χ2v) is 3.96. The second kappa shape index (κ2) is 4.69. The molecule has 0 aliphatic rings. The molecule has 0 spiro atoms. The van der Waals surface area contributed by atoms with Crippen molar-refractivity contribution in [3.05, 3.63) is 5.01 Å². The molecule has 0 atom stereocenters. The van der Waals surface area contributed by atoms with Gasteiger partial charge in [-0.2, -0.15) is 4.37 Å². The van der Waals surface area contributed by atoms with Crippen LogP contribution in [0.1, 0.15) is 5.01 Å². The molecule has 62 valence electrons. The Morgan fingerprint density at radius 2 is 2.45 bits per heavy atom. The van der Waals surface area contributed by atoms with Crippen molar-refractivity contribution in [2.75, 3.05) is 19.5 Å². The molecule has 1 rings (SSSR count). The maximum Gasteiger partial charge on any atom is 0.200 e. The maximum atomic E-state index is 4.90. The van der Waals surface area contributed by atoms with E-state index in [9.17, 15) is 0 Å². The third-order valence-electron chi connectivity index (χ3n) is 1.03. The fraction of sp³-hybridized carbons (Fsp3) is 0.667. The molecule has 0 radical (unpaired) electrons. The van der Waals surface area contributed by atoms with Crippen LogP contribution in [0.15, 0.2) is 5.16 Å². The first-order valence-corrected chi connectivity index (χ1v) is 5.01. The molecule has 1 aromatic rings. The molecule has 0 fully saturated rings. The monoisotopic (exact) mass is 190 g/mol. The van der Waals surface area contributed by atoms with E-state index in [1.165, 1.54) is 11.5 Å². The highest BCUT2D eigenvalue weighted by atomic mass is 32.2. The molecule has 0 saturated heterocycles. The normalized spacial score (nSPS) is 10.4. The van der Waals surface area contributed by atoms with E-state index in [4.69, 9.17) is 4.74 Å². The van der Waals surface area contributed by atoms with Crippen molar-refractivity contribution in [3.8, 4) is 0 Å². The number of rotatable bonds is 4. The minimum atomic E-state index is 0.753. The molecular formula is C6H10N2OS2. The van der Waals surface area contributed by atoms with E-state index in [2.05, 4.69) is 9.36 Å². The molecule has 0 unspecified atom stereocenters. The van der Waals surface area contributed by atoms with Crippen LogP contribution in [0.2, 0.25) is 0 Å². The SMILES string of the molecule is COCCSc1nsc(C)n1. The Morgan fingerprint density at radius 1 is 1.64 bits per heavy atom. The summed E-state index contributed by atoms with van der Waals surface area (Å²) in [6, 6.07) is 0. The molecule has 0 saturated carbocycles. The molecule has 3 nitrogen and oxygen atoms in total. The van der Waals surface area contributed by atoms with Crippen LogP contribution in [-0.2, 0) is 4.74 Å². The highest BCUT2D eigenvalue weighted by molar-refractivity contribution is 7.99. The lowest BCUT2D eigenvalue weighted by Crippen LogP contribution is -1.91.